The van der Waals surface area contributed by atoms with Crippen molar-refractivity contribution in [2.45, 2.75) is 19.0 Å². The van der Waals surface area contributed by atoms with Crippen LogP contribution in [0.25, 0.3) is 0 Å². The molecular weight excluding hydrogens is 377 g/mol. The van der Waals surface area contributed by atoms with E-state index >= 15 is 0 Å². The number of nitrogens with one attached hydrogen (secondary N) is 2. The average Bonchev–Trinajstić information content (AvgIpc) is 3.34. The molecule has 0 fully saturated rings. The Morgan fingerprint density at radius 2 is 1.71 bits per heavy atom. The number of furan rings is 2. The molecule has 0 saturated heterocycles. The molecule has 0 spiro atoms. The van der Waals surface area contributed by atoms with Gasteiger partial charge in [-0.15, -0.1) is 0 Å². The van der Waals surface area contributed by atoms with Crippen LogP contribution >= 0.6 is 0 Å². The topological polar surface area (TPSA) is 84.5 Å². The van der Waals surface area contributed by atoms with Gasteiger partial charge in [0.05, 0.1) is 23.8 Å². The van der Waals surface area contributed by atoms with E-state index in [0.717, 1.165) is 12.1 Å². The molecule has 0 atom stereocenters. The fraction of sp³-hybridized carbons (Fsp3) is 0.158. The lowest BCUT2D eigenvalue weighted by molar-refractivity contribution is -0.136. The van der Waals surface area contributed by atoms with E-state index in [1.54, 1.807) is 12.1 Å². The second-order valence-electron chi connectivity index (χ2n) is 5.82. The zero-order valence-corrected chi connectivity index (χ0v) is 14.4. The van der Waals surface area contributed by atoms with Gasteiger partial charge in [-0.1, -0.05) is 0 Å². The normalized spacial score (nSPS) is 11.2. The number of rotatable bonds is 6. The van der Waals surface area contributed by atoms with Crippen molar-refractivity contribution in [3.8, 4) is 0 Å². The first-order valence-electron chi connectivity index (χ1n) is 8.21. The molecule has 0 aliphatic heterocycles. The van der Waals surface area contributed by atoms with E-state index in [2.05, 4.69) is 10.6 Å². The number of alkyl halides is 3. The number of carbonyl (C=O) groups excluding carboxylic acids is 2. The first kappa shape index (κ1) is 19.3. The second kappa shape index (κ2) is 8.03. The summed E-state index contributed by atoms with van der Waals surface area (Å²) in [6, 6.07) is 9.30. The van der Waals surface area contributed by atoms with E-state index < -0.39 is 29.2 Å². The molecule has 0 radical (unpaired) electrons. The molecule has 3 rings (SSSR count). The van der Waals surface area contributed by atoms with E-state index in [1.807, 2.05) is 0 Å². The highest BCUT2D eigenvalue weighted by Gasteiger charge is 2.34. The Labute approximate surface area is 157 Å². The number of benzene rings is 1. The number of hydrogen-bond acceptors (Lipinski definition) is 4. The summed E-state index contributed by atoms with van der Waals surface area (Å²) in [7, 11) is 0. The lowest BCUT2D eigenvalue weighted by atomic mass is 10.1. The average molecular weight is 392 g/mol. The van der Waals surface area contributed by atoms with Gasteiger partial charge < -0.3 is 19.5 Å². The van der Waals surface area contributed by atoms with Crippen LogP contribution in [0.5, 0.6) is 0 Å². The van der Waals surface area contributed by atoms with Gasteiger partial charge in [0.25, 0.3) is 5.91 Å². The van der Waals surface area contributed by atoms with E-state index in [9.17, 15) is 22.8 Å². The monoisotopic (exact) mass is 392 g/mol. The van der Waals surface area contributed by atoms with Crippen molar-refractivity contribution in [3.63, 3.8) is 0 Å². The fourth-order valence-corrected chi connectivity index (χ4v) is 2.47. The molecule has 2 aromatic heterocycles. The third-order valence-corrected chi connectivity index (χ3v) is 3.78. The molecule has 2 N–H and O–H groups in total. The molecule has 146 valence electrons. The summed E-state index contributed by atoms with van der Waals surface area (Å²) in [5.41, 5.74) is -1.55. The Morgan fingerprint density at radius 3 is 2.36 bits per heavy atom. The third-order valence-electron chi connectivity index (χ3n) is 3.78. The summed E-state index contributed by atoms with van der Waals surface area (Å²) in [4.78, 5) is 23.9. The summed E-state index contributed by atoms with van der Waals surface area (Å²) in [5.74, 6) is -0.756. The summed E-state index contributed by atoms with van der Waals surface area (Å²) < 4.78 is 50.2. The molecule has 0 bridgehead atoms. The summed E-state index contributed by atoms with van der Waals surface area (Å²) >= 11 is 0. The van der Waals surface area contributed by atoms with Crippen LogP contribution in [0.3, 0.4) is 0 Å². The van der Waals surface area contributed by atoms with Crippen LogP contribution in [-0.2, 0) is 17.4 Å². The predicted octanol–water partition coefficient (Wildman–Crippen LogP) is 4.72. The molecule has 28 heavy (non-hydrogen) atoms. The molecule has 0 saturated carbocycles. The van der Waals surface area contributed by atoms with Gasteiger partial charge >= 0.3 is 6.18 Å². The molecule has 2 heterocycles. The Kier molecular flexibility index (Phi) is 5.53. The van der Waals surface area contributed by atoms with E-state index in [4.69, 9.17) is 8.83 Å². The maximum absolute atomic E-state index is 13.4. The maximum Gasteiger partial charge on any atom is 0.418 e. The Morgan fingerprint density at radius 1 is 0.964 bits per heavy atom. The molecule has 1 aromatic carbocycles. The third kappa shape index (κ3) is 4.81. The summed E-state index contributed by atoms with van der Waals surface area (Å²) in [6.45, 7) is 0. The van der Waals surface area contributed by atoms with Crippen molar-refractivity contribution in [3.05, 3.63) is 72.1 Å². The lowest BCUT2D eigenvalue weighted by Crippen LogP contribution is -2.18. The zero-order chi connectivity index (χ0) is 20.1. The Bertz CT molecular complexity index is 948. The quantitative estimate of drug-likeness (QED) is 0.636. The first-order chi connectivity index (χ1) is 13.3. The number of hydrogen-bond donors (Lipinski definition) is 2. The molecule has 0 aliphatic carbocycles. The smallest absolute Gasteiger partial charge is 0.418 e. The number of anilines is 2. The highest BCUT2D eigenvalue weighted by Crippen LogP contribution is 2.36. The summed E-state index contributed by atoms with van der Waals surface area (Å²) in [6.07, 6.45) is -1.78. The van der Waals surface area contributed by atoms with Crippen LogP contribution in [0, 0.1) is 0 Å². The first-order valence-corrected chi connectivity index (χ1v) is 8.21. The SMILES string of the molecule is O=C(CCc1ccco1)Nc1ccc(NC(=O)c2ccco2)cc1C(F)(F)F. The van der Waals surface area contributed by atoms with Gasteiger partial charge in [0.2, 0.25) is 5.91 Å². The van der Waals surface area contributed by atoms with Gasteiger partial charge in [-0.3, -0.25) is 9.59 Å². The Hall–Kier alpha value is -3.49. The molecule has 0 unspecified atom stereocenters. The largest absolute Gasteiger partial charge is 0.469 e. The van der Waals surface area contributed by atoms with Crippen molar-refractivity contribution in [2.24, 2.45) is 0 Å². The number of aryl methyl sites for hydroxylation is 1. The van der Waals surface area contributed by atoms with Crippen molar-refractivity contribution >= 4 is 23.2 Å². The van der Waals surface area contributed by atoms with E-state index in [-0.39, 0.29) is 24.3 Å². The minimum Gasteiger partial charge on any atom is -0.469 e. The van der Waals surface area contributed by atoms with Crippen LogP contribution in [0.1, 0.15) is 28.3 Å². The lowest BCUT2D eigenvalue weighted by Gasteiger charge is -2.15. The van der Waals surface area contributed by atoms with Crippen molar-refractivity contribution in [1.29, 1.82) is 0 Å². The van der Waals surface area contributed by atoms with Crippen molar-refractivity contribution in [1.82, 2.24) is 0 Å². The maximum atomic E-state index is 13.4. The highest BCUT2D eigenvalue weighted by molar-refractivity contribution is 6.02. The minimum atomic E-state index is -4.73. The molecule has 6 nitrogen and oxygen atoms in total. The molecular formula is C19H15F3N2O4. The van der Waals surface area contributed by atoms with E-state index in [0.29, 0.717) is 5.76 Å². The highest BCUT2D eigenvalue weighted by atomic mass is 19.4. The van der Waals surface area contributed by atoms with Crippen LogP contribution in [0.2, 0.25) is 0 Å². The number of amides is 2. The van der Waals surface area contributed by atoms with Gasteiger partial charge in [0, 0.05) is 18.5 Å². The van der Waals surface area contributed by atoms with Gasteiger partial charge in [-0.05, 0) is 42.5 Å². The Balaban J connectivity index is 1.73. The fourth-order valence-electron chi connectivity index (χ4n) is 2.47. The number of carbonyl (C=O) groups is 2. The van der Waals surface area contributed by atoms with Crippen molar-refractivity contribution < 1.29 is 31.6 Å². The van der Waals surface area contributed by atoms with Gasteiger partial charge in [0.15, 0.2) is 5.76 Å². The van der Waals surface area contributed by atoms with Gasteiger partial charge in [-0.2, -0.15) is 13.2 Å². The van der Waals surface area contributed by atoms with E-state index in [1.165, 1.54) is 30.7 Å². The van der Waals surface area contributed by atoms with Crippen LogP contribution < -0.4 is 10.6 Å². The zero-order valence-electron chi connectivity index (χ0n) is 14.4. The molecule has 0 aliphatic rings. The standard InChI is InChI=1S/C19H15F3N2O4/c20-19(21,22)14-11-12(23-18(26)16-4-2-10-28-16)5-7-15(14)24-17(25)8-6-13-3-1-9-27-13/h1-5,7,9-11H,6,8H2,(H,23,26)(H,24,25). The molecule has 3 aromatic rings. The summed E-state index contributed by atoms with van der Waals surface area (Å²) in [5, 5.41) is 4.58. The number of halogens is 3. The van der Waals surface area contributed by atoms with Crippen molar-refractivity contribution in [2.75, 3.05) is 10.6 Å². The van der Waals surface area contributed by atoms with Crippen LogP contribution in [0.4, 0.5) is 24.5 Å². The minimum absolute atomic E-state index is 0.0381. The van der Waals surface area contributed by atoms with Gasteiger partial charge in [0.1, 0.15) is 5.76 Å². The molecule has 2 amide bonds. The second-order valence-corrected chi connectivity index (χ2v) is 5.82. The molecule has 9 heteroatoms. The predicted molar refractivity (Wildman–Crippen MR) is 93.8 cm³/mol. The van der Waals surface area contributed by atoms with Crippen LogP contribution in [0.15, 0.2) is 63.8 Å². The van der Waals surface area contributed by atoms with Crippen LogP contribution in [-0.4, -0.2) is 11.8 Å². The van der Waals surface area contributed by atoms with Gasteiger partial charge in [-0.25, -0.2) is 0 Å².